The molecule has 1 aromatic rings. The van der Waals surface area contributed by atoms with Crippen LogP contribution in [0.5, 0.6) is 0 Å². The van der Waals surface area contributed by atoms with E-state index in [1.807, 2.05) is 17.9 Å². The van der Waals surface area contributed by atoms with Crippen molar-refractivity contribution in [1.82, 2.24) is 9.80 Å². The molecule has 0 saturated carbocycles. The first kappa shape index (κ1) is 17.9. The van der Waals surface area contributed by atoms with Crippen LogP contribution >= 0.6 is 0 Å². The number of aryl methyl sites for hydroxylation is 1. The zero-order valence-electron chi connectivity index (χ0n) is 14.9. The molecule has 2 aliphatic heterocycles. The van der Waals surface area contributed by atoms with E-state index < -0.39 is 0 Å². The van der Waals surface area contributed by atoms with E-state index in [1.165, 1.54) is 0 Å². The van der Waals surface area contributed by atoms with Gasteiger partial charge in [0, 0.05) is 38.2 Å². The van der Waals surface area contributed by atoms with Crippen LogP contribution in [0.3, 0.4) is 0 Å². The van der Waals surface area contributed by atoms with Crippen molar-refractivity contribution >= 4 is 11.6 Å². The fourth-order valence-electron chi connectivity index (χ4n) is 3.90. The zero-order chi connectivity index (χ0) is 17.8. The van der Waals surface area contributed by atoms with Crippen LogP contribution in [0.2, 0.25) is 0 Å². The molecule has 1 amide bonds. The van der Waals surface area contributed by atoms with E-state index in [1.54, 1.807) is 12.1 Å². The summed E-state index contributed by atoms with van der Waals surface area (Å²) in [7, 11) is 0. The molecule has 0 unspecified atom stereocenters. The average molecular weight is 345 g/mol. The number of likely N-dealkylation sites (tertiary alicyclic amines) is 2. The van der Waals surface area contributed by atoms with Gasteiger partial charge in [-0.2, -0.15) is 0 Å². The SMILES string of the molecule is Cc1cc([N+](=O)[O-])ccc1CN1CCC(CC(=O)N2CCCC2)CC1. The lowest BCUT2D eigenvalue weighted by Gasteiger charge is -2.32. The molecule has 6 nitrogen and oxygen atoms in total. The topological polar surface area (TPSA) is 66.7 Å². The minimum atomic E-state index is -0.348. The normalized spacial score (nSPS) is 19.3. The van der Waals surface area contributed by atoms with Crippen molar-refractivity contribution in [3.63, 3.8) is 0 Å². The average Bonchev–Trinajstić information content (AvgIpc) is 3.13. The molecule has 6 heteroatoms. The third kappa shape index (κ3) is 4.57. The third-order valence-corrected chi connectivity index (χ3v) is 5.56. The van der Waals surface area contributed by atoms with Crippen molar-refractivity contribution < 1.29 is 9.72 Å². The number of nitro benzene ring substituents is 1. The van der Waals surface area contributed by atoms with E-state index in [-0.39, 0.29) is 10.6 Å². The fraction of sp³-hybridized carbons (Fsp3) is 0.632. The molecule has 0 radical (unpaired) electrons. The molecule has 0 N–H and O–H groups in total. The molecule has 2 aliphatic rings. The van der Waals surface area contributed by atoms with E-state index in [4.69, 9.17) is 0 Å². The number of carbonyl (C=O) groups excluding carboxylic acids is 1. The molecule has 136 valence electrons. The molecule has 2 fully saturated rings. The Morgan fingerprint density at radius 3 is 2.48 bits per heavy atom. The summed E-state index contributed by atoms with van der Waals surface area (Å²) < 4.78 is 0. The summed E-state index contributed by atoms with van der Waals surface area (Å²) in [6.07, 6.45) is 5.12. The lowest BCUT2D eigenvalue weighted by molar-refractivity contribution is -0.384. The molecule has 1 aromatic carbocycles. The smallest absolute Gasteiger partial charge is 0.269 e. The van der Waals surface area contributed by atoms with Gasteiger partial charge in [0.15, 0.2) is 0 Å². The molecule has 2 saturated heterocycles. The van der Waals surface area contributed by atoms with Crippen LogP contribution in [0.4, 0.5) is 5.69 Å². The molecule has 0 bridgehead atoms. The Labute approximate surface area is 148 Å². The van der Waals surface area contributed by atoms with E-state index in [0.29, 0.717) is 18.2 Å². The molecule has 3 rings (SSSR count). The Morgan fingerprint density at radius 2 is 1.88 bits per heavy atom. The summed E-state index contributed by atoms with van der Waals surface area (Å²) >= 11 is 0. The maximum absolute atomic E-state index is 12.3. The first-order valence-corrected chi connectivity index (χ1v) is 9.27. The fourth-order valence-corrected chi connectivity index (χ4v) is 3.90. The molecule has 25 heavy (non-hydrogen) atoms. The largest absolute Gasteiger partial charge is 0.343 e. The number of nitro groups is 1. The summed E-state index contributed by atoms with van der Waals surface area (Å²) in [5, 5.41) is 10.8. The number of nitrogens with zero attached hydrogens (tertiary/aromatic N) is 3. The summed E-state index contributed by atoms with van der Waals surface area (Å²) in [4.78, 5) is 27.2. The predicted molar refractivity (Wildman–Crippen MR) is 96.3 cm³/mol. The maximum Gasteiger partial charge on any atom is 0.269 e. The Kier molecular flexibility index (Phi) is 5.68. The molecule has 0 aliphatic carbocycles. The lowest BCUT2D eigenvalue weighted by atomic mass is 9.92. The minimum absolute atomic E-state index is 0.153. The Hall–Kier alpha value is -1.95. The molecular weight excluding hydrogens is 318 g/mol. The van der Waals surface area contributed by atoms with Gasteiger partial charge in [0.1, 0.15) is 0 Å². The van der Waals surface area contributed by atoms with Crippen molar-refractivity contribution in [1.29, 1.82) is 0 Å². The van der Waals surface area contributed by atoms with E-state index >= 15 is 0 Å². The van der Waals surface area contributed by atoms with E-state index in [9.17, 15) is 14.9 Å². The highest BCUT2D eigenvalue weighted by Gasteiger charge is 2.25. The van der Waals surface area contributed by atoms with Crippen LogP contribution in [0.1, 0.15) is 43.2 Å². The van der Waals surface area contributed by atoms with Crippen molar-refractivity contribution in [3.8, 4) is 0 Å². The summed E-state index contributed by atoms with van der Waals surface area (Å²) in [5.41, 5.74) is 2.28. The number of hydrogen-bond donors (Lipinski definition) is 0. The van der Waals surface area contributed by atoms with Gasteiger partial charge in [-0.1, -0.05) is 6.07 Å². The predicted octanol–water partition coefficient (Wildman–Crippen LogP) is 3.13. The molecule has 0 atom stereocenters. The van der Waals surface area contributed by atoms with Gasteiger partial charge in [-0.25, -0.2) is 0 Å². The highest BCUT2D eigenvalue weighted by Crippen LogP contribution is 2.25. The molecule has 2 heterocycles. The number of benzene rings is 1. The summed E-state index contributed by atoms with van der Waals surface area (Å²) in [6, 6.07) is 5.11. The highest BCUT2D eigenvalue weighted by atomic mass is 16.6. The van der Waals surface area contributed by atoms with Gasteiger partial charge in [0.2, 0.25) is 5.91 Å². The number of amides is 1. The first-order chi connectivity index (χ1) is 12.0. The minimum Gasteiger partial charge on any atom is -0.343 e. The Morgan fingerprint density at radius 1 is 1.20 bits per heavy atom. The number of piperidine rings is 1. The van der Waals surface area contributed by atoms with Crippen LogP contribution in [0, 0.1) is 23.0 Å². The van der Waals surface area contributed by atoms with Gasteiger partial charge in [-0.05, 0) is 62.7 Å². The second-order valence-electron chi connectivity index (χ2n) is 7.38. The number of hydrogen-bond acceptors (Lipinski definition) is 4. The van der Waals surface area contributed by atoms with Gasteiger partial charge in [-0.3, -0.25) is 19.8 Å². The zero-order valence-corrected chi connectivity index (χ0v) is 14.9. The standard InChI is InChI=1S/C19H27N3O3/c1-15-12-18(22(24)25)5-4-17(15)14-20-10-6-16(7-11-20)13-19(23)21-8-2-3-9-21/h4-5,12,16H,2-3,6-11,13-14H2,1H3. The molecule has 0 aromatic heterocycles. The lowest BCUT2D eigenvalue weighted by Crippen LogP contribution is -2.36. The summed E-state index contributed by atoms with van der Waals surface area (Å²) in [6.45, 7) is 6.64. The summed E-state index contributed by atoms with van der Waals surface area (Å²) in [5.74, 6) is 0.837. The van der Waals surface area contributed by atoms with Crippen LogP contribution < -0.4 is 0 Å². The second-order valence-corrected chi connectivity index (χ2v) is 7.38. The number of non-ortho nitro benzene ring substituents is 1. The quantitative estimate of drug-likeness (QED) is 0.607. The van der Waals surface area contributed by atoms with Crippen molar-refractivity contribution in [3.05, 3.63) is 39.4 Å². The van der Waals surface area contributed by atoms with Crippen LogP contribution in [0.15, 0.2) is 18.2 Å². The van der Waals surface area contributed by atoms with E-state index in [0.717, 1.165) is 69.5 Å². The third-order valence-electron chi connectivity index (χ3n) is 5.56. The van der Waals surface area contributed by atoms with E-state index in [2.05, 4.69) is 4.90 Å². The van der Waals surface area contributed by atoms with Gasteiger partial charge in [0.05, 0.1) is 4.92 Å². The van der Waals surface area contributed by atoms with Gasteiger partial charge >= 0.3 is 0 Å². The van der Waals surface area contributed by atoms with Crippen LogP contribution in [-0.4, -0.2) is 46.8 Å². The van der Waals surface area contributed by atoms with Gasteiger partial charge < -0.3 is 4.90 Å². The molecule has 0 spiro atoms. The van der Waals surface area contributed by atoms with Gasteiger partial charge in [-0.15, -0.1) is 0 Å². The number of carbonyl (C=O) groups is 1. The molecular formula is C19H27N3O3. The Balaban J connectivity index is 1.47. The van der Waals surface area contributed by atoms with Crippen molar-refractivity contribution in [2.24, 2.45) is 5.92 Å². The highest BCUT2D eigenvalue weighted by molar-refractivity contribution is 5.76. The van der Waals surface area contributed by atoms with Crippen LogP contribution in [-0.2, 0) is 11.3 Å². The number of rotatable bonds is 5. The van der Waals surface area contributed by atoms with Crippen LogP contribution in [0.25, 0.3) is 0 Å². The Bertz CT molecular complexity index is 633. The second kappa shape index (κ2) is 7.95. The van der Waals surface area contributed by atoms with Crippen molar-refractivity contribution in [2.75, 3.05) is 26.2 Å². The van der Waals surface area contributed by atoms with Crippen molar-refractivity contribution in [2.45, 2.75) is 45.6 Å². The first-order valence-electron chi connectivity index (χ1n) is 9.27. The monoisotopic (exact) mass is 345 g/mol. The van der Waals surface area contributed by atoms with Gasteiger partial charge in [0.25, 0.3) is 5.69 Å². The maximum atomic E-state index is 12.3.